The summed E-state index contributed by atoms with van der Waals surface area (Å²) in [7, 11) is 0. The predicted octanol–water partition coefficient (Wildman–Crippen LogP) is 4.94. The zero-order valence-electron chi connectivity index (χ0n) is 11.6. The maximum absolute atomic E-state index is 5.91. The van der Waals surface area contributed by atoms with Crippen molar-refractivity contribution in [3.63, 3.8) is 0 Å². The number of halogens is 2. The first-order chi connectivity index (χ1) is 9.51. The van der Waals surface area contributed by atoms with Crippen molar-refractivity contribution in [2.45, 2.75) is 19.9 Å². The average Bonchev–Trinajstić information content (AvgIpc) is 2.43. The minimum atomic E-state index is 0.114. The van der Waals surface area contributed by atoms with Crippen molar-refractivity contribution in [2.24, 2.45) is 5.73 Å². The lowest BCUT2D eigenvalue weighted by atomic mass is 10.1. The van der Waals surface area contributed by atoms with Gasteiger partial charge in [0.1, 0.15) is 0 Å². The molecule has 1 atom stereocenters. The molecule has 0 fully saturated rings. The standard InChI is InChI=1S/C16H18Br2N2/c1-10-7-14(8-11(2)16(10)18)20-15(9-19)12-3-5-13(17)6-4-12/h3-8,15,20H,9,19H2,1-2H3. The minimum Gasteiger partial charge on any atom is -0.377 e. The number of aryl methyl sites for hydroxylation is 2. The maximum Gasteiger partial charge on any atom is 0.0636 e. The normalized spacial score (nSPS) is 12.2. The van der Waals surface area contributed by atoms with Gasteiger partial charge in [0.25, 0.3) is 0 Å². The highest BCUT2D eigenvalue weighted by Crippen LogP contribution is 2.27. The molecule has 2 aromatic rings. The number of benzene rings is 2. The molecule has 0 radical (unpaired) electrons. The average molecular weight is 398 g/mol. The second kappa shape index (κ2) is 6.74. The summed E-state index contributed by atoms with van der Waals surface area (Å²) >= 11 is 7.05. The third-order valence-corrected chi connectivity index (χ3v) is 5.06. The van der Waals surface area contributed by atoms with Crippen LogP contribution in [0.1, 0.15) is 22.7 Å². The van der Waals surface area contributed by atoms with Gasteiger partial charge in [0, 0.05) is 21.2 Å². The number of nitrogens with two attached hydrogens (primary N) is 1. The predicted molar refractivity (Wildman–Crippen MR) is 93.2 cm³/mol. The molecule has 0 saturated carbocycles. The van der Waals surface area contributed by atoms with Gasteiger partial charge in [-0.05, 0) is 54.8 Å². The summed E-state index contributed by atoms with van der Waals surface area (Å²) in [6, 6.07) is 12.6. The topological polar surface area (TPSA) is 38.0 Å². The molecule has 0 aliphatic carbocycles. The zero-order valence-corrected chi connectivity index (χ0v) is 14.8. The monoisotopic (exact) mass is 396 g/mol. The fraction of sp³-hybridized carbons (Fsp3) is 0.250. The van der Waals surface area contributed by atoms with Gasteiger partial charge in [0.2, 0.25) is 0 Å². The van der Waals surface area contributed by atoms with Crippen LogP contribution in [0, 0.1) is 13.8 Å². The van der Waals surface area contributed by atoms with Crippen molar-refractivity contribution < 1.29 is 0 Å². The number of anilines is 1. The Kier molecular flexibility index (Phi) is 5.24. The Bertz CT molecular complexity index is 571. The Labute approximate surface area is 137 Å². The summed E-state index contributed by atoms with van der Waals surface area (Å²) in [6.07, 6.45) is 0. The van der Waals surface area contributed by atoms with Crippen molar-refractivity contribution >= 4 is 37.5 Å². The van der Waals surface area contributed by atoms with E-state index in [1.807, 2.05) is 12.1 Å². The second-order valence-electron chi connectivity index (χ2n) is 4.91. The first-order valence-corrected chi connectivity index (χ1v) is 8.08. The molecule has 0 heterocycles. The Morgan fingerprint density at radius 3 is 2.10 bits per heavy atom. The molecule has 2 aromatic carbocycles. The molecule has 0 aliphatic heterocycles. The molecule has 4 heteroatoms. The van der Waals surface area contributed by atoms with Crippen LogP contribution in [0.4, 0.5) is 5.69 Å². The molecule has 0 saturated heterocycles. The Hall–Kier alpha value is -0.840. The summed E-state index contributed by atoms with van der Waals surface area (Å²) < 4.78 is 2.24. The van der Waals surface area contributed by atoms with Gasteiger partial charge in [-0.15, -0.1) is 0 Å². The first kappa shape index (κ1) is 15.5. The highest BCUT2D eigenvalue weighted by molar-refractivity contribution is 9.10. The molecule has 3 N–H and O–H groups in total. The highest BCUT2D eigenvalue weighted by Gasteiger charge is 2.10. The summed E-state index contributed by atoms with van der Waals surface area (Å²) in [4.78, 5) is 0. The van der Waals surface area contributed by atoms with E-state index >= 15 is 0 Å². The van der Waals surface area contributed by atoms with Crippen LogP contribution in [0.2, 0.25) is 0 Å². The molecule has 0 aromatic heterocycles. The summed E-state index contributed by atoms with van der Waals surface area (Å²) in [5.74, 6) is 0. The first-order valence-electron chi connectivity index (χ1n) is 6.50. The van der Waals surface area contributed by atoms with E-state index < -0.39 is 0 Å². The molecule has 0 spiro atoms. The van der Waals surface area contributed by atoms with Crippen LogP contribution >= 0.6 is 31.9 Å². The van der Waals surface area contributed by atoms with E-state index in [1.54, 1.807) is 0 Å². The van der Waals surface area contributed by atoms with Gasteiger partial charge >= 0.3 is 0 Å². The summed E-state index contributed by atoms with van der Waals surface area (Å²) in [5.41, 5.74) is 10.6. The van der Waals surface area contributed by atoms with Crippen molar-refractivity contribution in [1.82, 2.24) is 0 Å². The molecular weight excluding hydrogens is 380 g/mol. The highest BCUT2D eigenvalue weighted by atomic mass is 79.9. The lowest BCUT2D eigenvalue weighted by Gasteiger charge is -2.20. The van der Waals surface area contributed by atoms with Crippen LogP contribution in [0.15, 0.2) is 45.3 Å². The number of rotatable bonds is 4. The van der Waals surface area contributed by atoms with Crippen LogP contribution in [0.5, 0.6) is 0 Å². The minimum absolute atomic E-state index is 0.114. The lowest BCUT2D eigenvalue weighted by Crippen LogP contribution is -2.20. The molecule has 20 heavy (non-hydrogen) atoms. The van der Waals surface area contributed by atoms with E-state index in [0.29, 0.717) is 6.54 Å². The van der Waals surface area contributed by atoms with Crippen molar-refractivity contribution in [2.75, 3.05) is 11.9 Å². The summed E-state index contributed by atoms with van der Waals surface area (Å²) in [6.45, 7) is 4.74. The van der Waals surface area contributed by atoms with Gasteiger partial charge in [0.05, 0.1) is 6.04 Å². The van der Waals surface area contributed by atoms with Gasteiger partial charge in [-0.2, -0.15) is 0 Å². The Morgan fingerprint density at radius 2 is 1.60 bits per heavy atom. The van der Waals surface area contributed by atoms with Crippen LogP contribution in [-0.2, 0) is 0 Å². The lowest BCUT2D eigenvalue weighted by molar-refractivity contribution is 0.789. The van der Waals surface area contributed by atoms with Gasteiger partial charge < -0.3 is 11.1 Å². The second-order valence-corrected chi connectivity index (χ2v) is 6.62. The van der Waals surface area contributed by atoms with E-state index in [-0.39, 0.29) is 6.04 Å². The fourth-order valence-electron chi connectivity index (χ4n) is 2.20. The number of hydrogen-bond acceptors (Lipinski definition) is 2. The number of hydrogen-bond donors (Lipinski definition) is 2. The molecule has 106 valence electrons. The van der Waals surface area contributed by atoms with Crippen LogP contribution in [0.3, 0.4) is 0 Å². The third-order valence-electron chi connectivity index (χ3n) is 3.29. The third kappa shape index (κ3) is 3.62. The van der Waals surface area contributed by atoms with E-state index in [2.05, 4.69) is 75.3 Å². The van der Waals surface area contributed by atoms with Crippen LogP contribution in [-0.4, -0.2) is 6.54 Å². The van der Waals surface area contributed by atoms with Gasteiger partial charge in [-0.1, -0.05) is 44.0 Å². The number of nitrogens with one attached hydrogen (secondary N) is 1. The van der Waals surface area contributed by atoms with Crippen LogP contribution in [0.25, 0.3) is 0 Å². The maximum atomic E-state index is 5.91. The molecule has 2 nitrogen and oxygen atoms in total. The molecule has 2 rings (SSSR count). The molecule has 1 unspecified atom stereocenters. The smallest absolute Gasteiger partial charge is 0.0636 e. The van der Waals surface area contributed by atoms with Crippen molar-refractivity contribution in [3.8, 4) is 0 Å². The molecular formula is C16H18Br2N2. The Balaban J connectivity index is 2.24. The largest absolute Gasteiger partial charge is 0.377 e. The van der Waals surface area contributed by atoms with Crippen LogP contribution < -0.4 is 11.1 Å². The van der Waals surface area contributed by atoms with Gasteiger partial charge in [-0.3, -0.25) is 0 Å². The van der Waals surface area contributed by atoms with E-state index in [0.717, 1.165) is 14.6 Å². The van der Waals surface area contributed by atoms with Crippen molar-refractivity contribution in [3.05, 3.63) is 62.0 Å². The van der Waals surface area contributed by atoms with E-state index in [1.165, 1.54) is 16.7 Å². The van der Waals surface area contributed by atoms with Gasteiger partial charge in [0.15, 0.2) is 0 Å². The quantitative estimate of drug-likeness (QED) is 0.766. The van der Waals surface area contributed by atoms with Gasteiger partial charge in [-0.25, -0.2) is 0 Å². The Morgan fingerprint density at radius 1 is 1.05 bits per heavy atom. The van der Waals surface area contributed by atoms with Crippen molar-refractivity contribution in [1.29, 1.82) is 0 Å². The molecule has 0 amide bonds. The molecule has 0 aliphatic rings. The summed E-state index contributed by atoms with van der Waals surface area (Å²) in [5, 5.41) is 3.51. The fourth-order valence-corrected chi connectivity index (χ4v) is 2.70. The van der Waals surface area contributed by atoms with E-state index in [4.69, 9.17) is 5.73 Å². The van der Waals surface area contributed by atoms with E-state index in [9.17, 15) is 0 Å². The SMILES string of the molecule is Cc1cc(NC(CN)c2ccc(Br)cc2)cc(C)c1Br. The zero-order chi connectivity index (χ0) is 14.7. The molecule has 0 bridgehead atoms.